The zero-order chi connectivity index (χ0) is 10.4. The summed E-state index contributed by atoms with van der Waals surface area (Å²) in [5, 5.41) is 0. The standard InChI is InChI=1S/C13H20O/c1-4-6-7-12-9-8-11(3)13(10-12)14-5-2/h8-10H,4-7H2,1-3H3. The third-order valence-corrected chi connectivity index (χ3v) is 2.37. The summed E-state index contributed by atoms with van der Waals surface area (Å²) in [4.78, 5) is 0. The summed E-state index contributed by atoms with van der Waals surface area (Å²) in [6.45, 7) is 7.09. The van der Waals surface area contributed by atoms with Gasteiger partial charge in [-0.3, -0.25) is 0 Å². The van der Waals surface area contributed by atoms with Gasteiger partial charge in [-0.05, 0) is 43.9 Å². The maximum Gasteiger partial charge on any atom is 0.122 e. The third-order valence-electron chi connectivity index (χ3n) is 2.37. The van der Waals surface area contributed by atoms with Crippen molar-refractivity contribution >= 4 is 0 Å². The molecule has 0 spiro atoms. The van der Waals surface area contributed by atoms with Crippen LogP contribution in [0.2, 0.25) is 0 Å². The maximum absolute atomic E-state index is 5.56. The Morgan fingerprint density at radius 3 is 2.64 bits per heavy atom. The molecule has 1 rings (SSSR count). The number of hydrogen-bond acceptors (Lipinski definition) is 1. The van der Waals surface area contributed by atoms with Crippen molar-refractivity contribution in [3.8, 4) is 5.75 Å². The molecule has 0 aliphatic carbocycles. The summed E-state index contributed by atoms with van der Waals surface area (Å²) in [5.41, 5.74) is 2.62. The second-order valence-electron chi connectivity index (χ2n) is 3.64. The van der Waals surface area contributed by atoms with E-state index in [1.165, 1.54) is 24.0 Å². The van der Waals surface area contributed by atoms with E-state index in [1.807, 2.05) is 6.92 Å². The Morgan fingerprint density at radius 1 is 1.21 bits per heavy atom. The number of benzene rings is 1. The first-order valence-corrected chi connectivity index (χ1v) is 5.50. The molecule has 0 unspecified atom stereocenters. The molecule has 0 amide bonds. The normalized spacial score (nSPS) is 10.2. The number of unbranched alkanes of at least 4 members (excludes halogenated alkanes) is 1. The SMILES string of the molecule is CCCCc1ccc(C)c(OCC)c1. The fraction of sp³-hybridized carbons (Fsp3) is 0.538. The minimum absolute atomic E-state index is 0.748. The quantitative estimate of drug-likeness (QED) is 0.690. The van der Waals surface area contributed by atoms with Crippen molar-refractivity contribution in [2.75, 3.05) is 6.61 Å². The van der Waals surface area contributed by atoms with Gasteiger partial charge in [0.05, 0.1) is 6.61 Å². The van der Waals surface area contributed by atoms with Crippen molar-refractivity contribution < 1.29 is 4.74 Å². The monoisotopic (exact) mass is 192 g/mol. The Bertz CT molecular complexity index is 279. The predicted molar refractivity (Wildman–Crippen MR) is 61.0 cm³/mol. The van der Waals surface area contributed by atoms with Crippen LogP contribution in [-0.2, 0) is 6.42 Å². The Balaban J connectivity index is 2.72. The minimum atomic E-state index is 0.748. The molecule has 0 heterocycles. The second kappa shape index (κ2) is 5.69. The van der Waals surface area contributed by atoms with Crippen molar-refractivity contribution in [3.63, 3.8) is 0 Å². The third kappa shape index (κ3) is 3.06. The first-order chi connectivity index (χ1) is 6.77. The van der Waals surface area contributed by atoms with Gasteiger partial charge < -0.3 is 4.74 Å². The average Bonchev–Trinajstić information content (AvgIpc) is 2.19. The molecule has 1 nitrogen and oxygen atoms in total. The molecule has 0 fully saturated rings. The largest absolute Gasteiger partial charge is 0.494 e. The summed E-state index contributed by atoms with van der Waals surface area (Å²) in [6, 6.07) is 6.53. The molecule has 1 aromatic carbocycles. The molecule has 0 saturated carbocycles. The van der Waals surface area contributed by atoms with E-state index in [2.05, 4.69) is 32.0 Å². The van der Waals surface area contributed by atoms with Crippen LogP contribution in [0.25, 0.3) is 0 Å². The molecular formula is C13H20O. The Kier molecular flexibility index (Phi) is 4.51. The van der Waals surface area contributed by atoms with Crippen LogP contribution in [0.15, 0.2) is 18.2 Å². The van der Waals surface area contributed by atoms with Crippen molar-refractivity contribution in [2.24, 2.45) is 0 Å². The smallest absolute Gasteiger partial charge is 0.122 e. The van der Waals surface area contributed by atoms with Gasteiger partial charge in [-0.1, -0.05) is 25.5 Å². The topological polar surface area (TPSA) is 9.23 Å². The van der Waals surface area contributed by atoms with Crippen molar-refractivity contribution in [2.45, 2.75) is 40.0 Å². The number of aryl methyl sites for hydroxylation is 2. The van der Waals surface area contributed by atoms with Gasteiger partial charge in [0.2, 0.25) is 0 Å². The van der Waals surface area contributed by atoms with Crippen LogP contribution in [0.3, 0.4) is 0 Å². The van der Waals surface area contributed by atoms with E-state index in [1.54, 1.807) is 0 Å². The van der Waals surface area contributed by atoms with E-state index in [0.29, 0.717) is 0 Å². The van der Waals surface area contributed by atoms with Gasteiger partial charge >= 0.3 is 0 Å². The van der Waals surface area contributed by atoms with Crippen LogP contribution in [0, 0.1) is 6.92 Å². The second-order valence-corrected chi connectivity index (χ2v) is 3.64. The molecular weight excluding hydrogens is 172 g/mol. The summed E-state index contributed by atoms with van der Waals surface area (Å²) in [6.07, 6.45) is 3.67. The Labute approximate surface area is 87.1 Å². The highest BCUT2D eigenvalue weighted by molar-refractivity contribution is 5.36. The van der Waals surface area contributed by atoms with Gasteiger partial charge in [0.1, 0.15) is 5.75 Å². The fourth-order valence-corrected chi connectivity index (χ4v) is 1.49. The lowest BCUT2D eigenvalue weighted by atomic mass is 10.1. The lowest BCUT2D eigenvalue weighted by Crippen LogP contribution is -1.95. The van der Waals surface area contributed by atoms with E-state index >= 15 is 0 Å². The zero-order valence-electron chi connectivity index (χ0n) is 9.47. The van der Waals surface area contributed by atoms with E-state index in [0.717, 1.165) is 18.8 Å². The molecule has 0 aliphatic rings. The van der Waals surface area contributed by atoms with Gasteiger partial charge in [-0.15, -0.1) is 0 Å². The molecule has 0 aliphatic heterocycles. The molecule has 0 radical (unpaired) electrons. The summed E-state index contributed by atoms with van der Waals surface area (Å²) in [7, 11) is 0. The minimum Gasteiger partial charge on any atom is -0.494 e. The van der Waals surface area contributed by atoms with Crippen molar-refractivity contribution in [1.29, 1.82) is 0 Å². The van der Waals surface area contributed by atoms with Gasteiger partial charge in [0.25, 0.3) is 0 Å². The van der Waals surface area contributed by atoms with Crippen LogP contribution in [0.4, 0.5) is 0 Å². The van der Waals surface area contributed by atoms with E-state index < -0.39 is 0 Å². The number of rotatable bonds is 5. The molecule has 1 heteroatoms. The number of hydrogen-bond donors (Lipinski definition) is 0. The molecule has 0 aromatic heterocycles. The van der Waals surface area contributed by atoms with Crippen LogP contribution in [0.1, 0.15) is 37.8 Å². The molecule has 1 aromatic rings. The summed E-state index contributed by atoms with van der Waals surface area (Å²) in [5.74, 6) is 1.04. The molecule has 78 valence electrons. The van der Waals surface area contributed by atoms with Crippen LogP contribution < -0.4 is 4.74 Å². The lowest BCUT2D eigenvalue weighted by molar-refractivity contribution is 0.337. The van der Waals surface area contributed by atoms with Gasteiger partial charge in [-0.2, -0.15) is 0 Å². The zero-order valence-corrected chi connectivity index (χ0v) is 9.47. The number of ether oxygens (including phenoxy) is 1. The van der Waals surface area contributed by atoms with E-state index in [4.69, 9.17) is 4.74 Å². The van der Waals surface area contributed by atoms with Crippen molar-refractivity contribution in [1.82, 2.24) is 0 Å². The molecule has 0 bridgehead atoms. The first kappa shape index (κ1) is 11.1. The first-order valence-electron chi connectivity index (χ1n) is 5.50. The predicted octanol–water partition coefficient (Wildman–Crippen LogP) is 3.74. The van der Waals surface area contributed by atoms with Crippen molar-refractivity contribution in [3.05, 3.63) is 29.3 Å². The summed E-state index contributed by atoms with van der Waals surface area (Å²) < 4.78 is 5.56. The highest BCUT2D eigenvalue weighted by atomic mass is 16.5. The van der Waals surface area contributed by atoms with E-state index in [-0.39, 0.29) is 0 Å². The molecule has 0 N–H and O–H groups in total. The summed E-state index contributed by atoms with van der Waals surface area (Å²) >= 11 is 0. The molecule has 0 saturated heterocycles. The van der Waals surface area contributed by atoms with Gasteiger partial charge in [0.15, 0.2) is 0 Å². The van der Waals surface area contributed by atoms with Gasteiger partial charge in [-0.25, -0.2) is 0 Å². The van der Waals surface area contributed by atoms with Crippen LogP contribution >= 0.6 is 0 Å². The average molecular weight is 192 g/mol. The Morgan fingerprint density at radius 2 is 2.00 bits per heavy atom. The Hall–Kier alpha value is -0.980. The van der Waals surface area contributed by atoms with Crippen LogP contribution in [0.5, 0.6) is 5.75 Å². The van der Waals surface area contributed by atoms with E-state index in [9.17, 15) is 0 Å². The van der Waals surface area contributed by atoms with Crippen LogP contribution in [-0.4, -0.2) is 6.61 Å². The lowest BCUT2D eigenvalue weighted by Gasteiger charge is -2.09. The maximum atomic E-state index is 5.56. The fourth-order valence-electron chi connectivity index (χ4n) is 1.49. The highest BCUT2D eigenvalue weighted by Gasteiger charge is 2.00. The molecule has 14 heavy (non-hydrogen) atoms. The highest BCUT2D eigenvalue weighted by Crippen LogP contribution is 2.20. The molecule has 0 atom stereocenters. The van der Waals surface area contributed by atoms with Gasteiger partial charge in [0, 0.05) is 0 Å².